The minimum absolute atomic E-state index is 0.469. The van der Waals surface area contributed by atoms with Crippen molar-refractivity contribution in [3.8, 4) is 0 Å². The highest BCUT2D eigenvalue weighted by Crippen LogP contribution is 2.22. The minimum atomic E-state index is -0.814. The largest absolute Gasteiger partial charge is 0.477 e. The van der Waals surface area contributed by atoms with Gasteiger partial charge in [-0.3, -0.25) is 0 Å². The molecule has 0 atom stereocenters. The van der Waals surface area contributed by atoms with Crippen molar-refractivity contribution in [1.82, 2.24) is 5.32 Å². The Balaban J connectivity index is 1.77. The molecule has 94 valence electrons. The van der Waals surface area contributed by atoms with Crippen molar-refractivity contribution in [1.29, 1.82) is 0 Å². The van der Waals surface area contributed by atoms with Gasteiger partial charge in [-0.05, 0) is 53.8 Å². The highest BCUT2D eigenvalue weighted by atomic mass is 32.2. The molecule has 0 bridgehead atoms. The molecule has 1 aromatic heterocycles. The monoisotopic (exact) mass is 271 g/mol. The fourth-order valence-corrected chi connectivity index (χ4v) is 3.99. The van der Waals surface area contributed by atoms with Gasteiger partial charge in [0.1, 0.15) is 4.88 Å². The second-order valence-electron chi connectivity index (χ2n) is 4.27. The third kappa shape index (κ3) is 3.72. The van der Waals surface area contributed by atoms with Crippen LogP contribution in [0.2, 0.25) is 0 Å². The summed E-state index contributed by atoms with van der Waals surface area (Å²) in [4.78, 5) is 11.4. The van der Waals surface area contributed by atoms with Gasteiger partial charge in [0.05, 0.1) is 0 Å². The first-order valence-electron chi connectivity index (χ1n) is 5.85. The van der Waals surface area contributed by atoms with Crippen LogP contribution >= 0.6 is 23.1 Å². The molecule has 0 spiro atoms. The number of nitrogens with one attached hydrogen (secondary N) is 1. The smallest absolute Gasteiger partial charge is 0.346 e. The first-order valence-corrected chi connectivity index (χ1v) is 7.89. The van der Waals surface area contributed by atoms with E-state index in [1.165, 1.54) is 35.7 Å². The fraction of sp³-hybridized carbons (Fsp3) is 0.583. The third-order valence-electron chi connectivity index (χ3n) is 3.03. The molecule has 2 N–H and O–H groups in total. The Kier molecular flexibility index (Phi) is 4.88. The minimum Gasteiger partial charge on any atom is -0.477 e. The van der Waals surface area contributed by atoms with Gasteiger partial charge in [0.25, 0.3) is 0 Å². The fourth-order valence-electron chi connectivity index (χ4n) is 2.02. The lowest BCUT2D eigenvalue weighted by molar-refractivity contribution is 0.0701. The van der Waals surface area contributed by atoms with E-state index in [1.54, 1.807) is 0 Å². The molecule has 5 heteroatoms. The SMILES string of the molecule is O=C(O)c1sccc1CNCC1CCSCC1. The van der Waals surface area contributed by atoms with Crippen molar-refractivity contribution >= 4 is 29.1 Å². The summed E-state index contributed by atoms with van der Waals surface area (Å²) in [5.74, 6) is 2.49. The number of carboxylic acid groups (broad SMARTS) is 1. The van der Waals surface area contributed by atoms with Crippen molar-refractivity contribution in [2.24, 2.45) is 5.92 Å². The van der Waals surface area contributed by atoms with E-state index in [4.69, 9.17) is 5.11 Å². The number of rotatable bonds is 5. The van der Waals surface area contributed by atoms with Crippen LogP contribution in [0.25, 0.3) is 0 Å². The van der Waals surface area contributed by atoms with Gasteiger partial charge in [0.2, 0.25) is 0 Å². The van der Waals surface area contributed by atoms with Crippen LogP contribution in [0, 0.1) is 5.92 Å². The number of aromatic carboxylic acids is 1. The molecule has 0 aliphatic carbocycles. The summed E-state index contributed by atoms with van der Waals surface area (Å²) in [5.41, 5.74) is 0.910. The molecule has 17 heavy (non-hydrogen) atoms. The zero-order valence-corrected chi connectivity index (χ0v) is 11.3. The Morgan fingerprint density at radius 1 is 1.47 bits per heavy atom. The van der Waals surface area contributed by atoms with Gasteiger partial charge in [0.15, 0.2) is 0 Å². The van der Waals surface area contributed by atoms with Crippen molar-refractivity contribution in [2.45, 2.75) is 19.4 Å². The predicted molar refractivity (Wildman–Crippen MR) is 73.0 cm³/mol. The van der Waals surface area contributed by atoms with Crippen molar-refractivity contribution in [3.05, 3.63) is 21.9 Å². The molecule has 0 saturated carbocycles. The summed E-state index contributed by atoms with van der Waals surface area (Å²) in [6.07, 6.45) is 2.57. The van der Waals surface area contributed by atoms with Crippen LogP contribution < -0.4 is 5.32 Å². The van der Waals surface area contributed by atoms with Crippen LogP contribution in [0.15, 0.2) is 11.4 Å². The van der Waals surface area contributed by atoms with Gasteiger partial charge in [-0.2, -0.15) is 11.8 Å². The second-order valence-corrected chi connectivity index (χ2v) is 6.41. The molecule has 0 radical (unpaired) electrons. The normalized spacial score (nSPS) is 17.2. The Morgan fingerprint density at radius 2 is 2.24 bits per heavy atom. The highest BCUT2D eigenvalue weighted by molar-refractivity contribution is 7.99. The predicted octanol–water partition coefficient (Wildman–Crippen LogP) is 2.68. The van der Waals surface area contributed by atoms with Gasteiger partial charge >= 0.3 is 5.97 Å². The number of thioether (sulfide) groups is 1. The number of hydrogen-bond acceptors (Lipinski definition) is 4. The van der Waals surface area contributed by atoms with E-state index < -0.39 is 5.97 Å². The standard InChI is InChI=1S/C12H17NO2S2/c14-12(15)11-10(3-6-17-11)8-13-7-9-1-4-16-5-2-9/h3,6,9,13H,1-2,4-5,7-8H2,(H,14,15). The number of carbonyl (C=O) groups is 1. The zero-order chi connectivity index (χ0) is 12.1. The average molecular weight is 271 g/mol. The van der Waals surface area contributed by atoms with Crippen LogP contribution in [-0.2, 0) is 6.54 Å². The maximum Gasteiger partial charge on any atom is 0.346 e. The summed E-state index contributed by atoms with van der Waals surface area (Å²) in [6.45, 7) is 1.68. The summed E-state index contributed by atoms with van der Waals surface area (Å²) >= 11 is 3.33. The molecule has 3 nitrogen and oxygen atoms in total. The van der Waals surface area contributed by atoms with E-state index in [2.05, 4.69) is 5.32 Å². The molecule has 1 aliphatic rings. The molecule has 1 fully saturated rings. The number of hydrogen-bond donors (Lipinski definition) is 2. The van der Waals surface area contributed by atoms with Crippen molar-refractivity contribution < 1.29 is 9.90 Å². The molecule has 1 aromatic rings. The van der Waals surface area contributed by atoms with Crippen LogP contribution in [0.5, 0.6) is 0 Å². The molecule has 0 aromatic carbocycles. The summed E-state index contributed by atoms with van der Waals surface area (Å²) in [5, 5.41) is 14.2. The lowest BCUT2D eigenvalue weighted by Gasteiger charge is -2.21. The Bertz CT molecular complexity index is 372. The van der Waals surface area contributed by atoms with E-state index in [1.807, 2.05) is 23.2 Å². The van der Waals surface area contributed by atoms with Gasteiger partial charge in [-0.1, -0.05) is 0 Å². The molecular weight excluding hydrogens is 254 g/mol. The van der Waals surface area contributed by atoms with Crippen LogP contribution in [0.3, 0.4) is 0 Å². The van der Waals surface area contributed by atoms with Gasteiger partial charge in [-0.25, -0.2) is 4.79 Å². The Labute approximate surface area is 110 Å². The quantitative estimate of drug-likeness (QED) is 0.864. The lowest BCUT2D eigenvalue weighted by Crippen LogP contribution is -2.25. The van der Waals surface area contributed by atoms with E-state index in [0.717, 1.165) is 18.0 Å². The van der Waals surface area contributed by atoms with Crippen LogP contribution in [0.1, 0.15) is 28.1 Å². The van der Waals surface area contributed by atoms with Gasteiger partial charge < -0.3 is 10.4 Å². The van der Waals surface area contributed by atoms with E-state index in [9.17, 15) is 4.79 Å². The first-order chi connectivity index (χ1) is 8.27. The number of carboxylic acids is 1. The second kappa shape index (κ2) is 6.42. The maximum atomic E-state index is 10.9. The van der Waals surface area contributed by atoms with E-state index in [-0.39, 0.29) is 0 Å². The molecule has 0 unspecified atom stereocenters. The maximum absolute atomic E-state index is 10.9. The highest BCUT2D eigenvalue weighted by Gasteiger charge is 2.14. The molecule has 1 saturated heterocycles. The summed E-state index contributed by atoms with van der Waals surface area (Å²) < 4.78 is 0. The van der Waals surface area contributed by atoms with Crippen LogP contribution in [-0.4, -0.2) is 29.1 Å². The van der Waals surface area contributed by atoms with Gasteiger partial charge in [0, 0.05) is 6.54 Å². The molecule has 0 amide bonds. The Morgan fingerprint density at radius 3 is 2.94 bits per heavy atom. The topological polar surface area (TPSA) is 49.3 Å². The van der Waals surface area contributed by atoms with Crippen molar-refractivity contribution in [2.75, 3.05) is 18.1 Å². The molecular formula is C12H17NO2S2. The van der Waals surface area contributed by atoms with Crippen LogP contribution in [0.4, 0.5) is 0 Å². The Hall–Kier alpha value is -0.520. The molecule has 2 heterocycles. The van der Waals surface area contributed by atoms with E-state index >= 15 is 0 Å². The first kappa shape index (κ1) is 12.9. The molecule has 2 rings (SSSR count). The molecule has 1 aliphatic heterocycles. The summed E-state index contributed by atoms with van der Waals surface area (Å²) in [6, 6.07) is 1.90. The summed E-state index contributed by atoms with van der Waals surface area (Å²) in [7, 11) is 0. The van der Waals surface area contributed by atoms with E-state index in [0.29, 0.717) is 11.4 Å². The van der Waals surface area contributed by atoms with Gasteiger partial charge in [-0.15, -0.1) is 11.3 Å². The number of thiophene rings is 1. The van der Waals surface area contributed by atoms with Crippen molar-refractivity contribution in [3.63, 3.8) is 0 Å². The zero-order valence-electron chi connectivity index (χ0n) is 9.65. The average Bonchev–Trinajstić information content (AvgIpc) is 2.79. The lowest BCUT2D eigenvalue weighted by atomic mass is 10.0. The third-order valence-corrected chi connectivity index (χ3v) is 5.02.